The molecule has 1 aromatic carbocycles. The van der Waals surface area contributed by atoms with Gasteiger partial charge in [-0.05, 0) is 42.8 Å². The Morgan fingerprint density at radius 2 is 1.97 bits per heavy atom. The summed E-state index contributed by atoms with van der Waals surface area (Å²) in [5.74, 6) is -1.24. The number of rotatable bonds is 6. The Morgan fingerprint density at radius 3 is 2.59 bits per heavy atom. The highest BCUT2D eigenvalue weighted by molar-refractivity contribution is 6.20. The molecule has 1 aliphatic rings. The second-order valence-electron chi connectivity index (χ2n) is 7.60. The van der Waals surface area contributed by atoms with Crippen LogP contribution in [0.25, 0.3) is 11.1 Å². The van der Waals surface area contributed by atoms with Gasteiger partial charge in [-0.25, -0.2) is 14.4 Å². The molecule has 1 fully saturated rings. The van der Waals surface area contributed by atoms with Crippen molar-refractivity contribution in [2.45, 2.75) is 18.1 Å². The van der Waals surface area contributed by atoms with Crippen molar-refractivity contribution in [3.8, 4) is 16.9 Å². The number of pyridine rings is 2. The number of ether oxygens (including phenoxy) is 1. The fourth-order valence-corrected chi connectivity index (χ4v) is 3.61. The number of halogens is 4. The molecule has 1 amide bonds. The number of anilines is 3. The minimum Gasteiger partial charge on any atom is -0.420 e. The summed E-state index contributed by atoms with van der Waals surface area (Å²) in [4.78, 5) is 22.9. The lowest BCUT2D eigenvalue weighted by molar-refractivity contribution is -0.0964. The van der Waals surface area contributed by atoms with Crippen LogP contribution in [0.15, 0.2) is 48.8 Å². The highest BCUT2D eigenvalue weighted by Gasteiger charge is 2.28. The third kappa shape index (κ3) is 5.49. The summed E-state index contributed by atoms with van der Waals surface area (Å²) in [6.45, 7) is 0.875. The largest absolute Gasteiger partial charge is 0.487 e. The third-order valence-corrected chi connectivity index (χ3v) is 5.20. The number of hydrogen-bond donors (Lipinski definition) is 3. The molecule has 3 heterocycles. The number of aliphatic hydroxyl groups is 1. The van der Waals surface area contributed by atoms with E-state index in [-0.39, 0.29) is 17.1 Å². The van der Waals surface area contributed by atoms with Crippen molar-refractivity contribution < 1.29 is 27.8 Å². The lowest BCUT2D eigenvalue weighted by Crippen LogP contribution is -2.23. The maximum absolute atomic E-state index is 14.1. The van der Waals surface area contributed by atoms with Gasteiger partial charge >= 0.3 is 5.57 Å². The molecular weight excluding hydrogens is 475 g/mol. The number of nitrogens with one attached hydrogen (secondary N) is 1. The van der Waals surface area contributed by atoms with Gasteiger partial charge in [0.2, 0.25) is 0 Å². The van der Waals surface area contributed by atoms with Gasteiger partial charge in [-0.15, -0.1) is 8.78 Å². The molecule has 0 aliphatic carbocycles. The first-order valence-electron chi connectivity index (χ1n) is 10.1. The van der Waals surface area contributed by atoms with Gasteiger partial charge in [0.1, 0.15) is 11.6 Å². The second-order valence-corrected chi connectivity index (χ2v) is 8.04. The van der Waals surface area contributed by atoms with Crippen molar-refractivity contribution in [2.24, 2.45) is 0 Å². The summed E-state index contributed by atoms with van der Waals surface area (Å²) in [5, 5.41) is 12.5. The Kier molecular flexibility index (Phi) is 6.49. The summed E-state index contributed by atoms with van der Waals surface area (Å²) in [6, 6.07) is 7.90. The molecule has 1 unspecified atom stereocenters. The van der Waals surface area contributed by atoms with Crippen LogP contribution in [-0.2, 0) is 0 Å². The molecule has 4 rings (SSSR count). The van der Waals surface area contributed by atoms with E-state index in [2.05, 4.69) is 20.0 Å². The molecule has 1 atom stereocenters. The number of aliphatic hydroxyl groups excluding tert-OH is 1. The van der Waals surface area contributed by atoms with E-state index in [0.29, 0.717) is 42.1 Å². The van der Waals surface area contributed by atoms with Gasteiger partial charge in [0.15, 0.2) is 11.6 Å². The van der Waals surface area contributed by atoms with E-state index in [1.807, 2.05) is 4.90 Å². The first-order chi connectivity index (χ1) is 16.1. The van der Waals surface area contributed by atoms with E-state index < -0.39 is 23.4 Å². The second kappa shape index (κ2) is 9.35. The Labute approximate surface area is 197 Å². The number of nitrogens with two attached hydrogens (primary N) is 1. The zero-order valence-corrected chi connectivity index (χ0v) is 18.3. The van der Waals surface area contributed by atoms with Crippen molar-refractivity contribution in [1.29, 1.82) is 0 Å². The number of amides is 1. The highest BCUT2D eigenvalue weighted by Crippen LogP contribution is 2.33. The number of nitrogen functional groups attached to an aromatic ring is 1. The van der Waals surface area contributed by atoms with Crippen LogP contribution < -0.4 is 20.7 Å². The standard InChI is InChI=1S/C22H19ClF3N5O3/c23-22(25,26)34-16-3-1-14(2-4-16)30-21(33)13-7-17(12-8-18(24)19(27)28-9-12)20(29-10-13)31-6-5-15(32)11-31/h1-4,7-10,15,32H,5-6,11H2,(H2,27,28)(H,30,33). The molecule has 1 aliphatic heterocycles. The van der Waals surface area contributed by atoms with Crippen LogP contribution in [0, 0.1) is 5.82 Å². The molecule has 0 bridgehead atoms. The number of hydrogen-bond acceptors (Lipinski definition) is 7. The Hall–Kier alpha value is -3.57. The van der Waals surface area contributed by atoms with Crippen molar-refractivity contribution in [3.05, 3.63) is 60.2 Å². The molecule has 1 saturated heterocycles. The molecule has 34 heavy (non-hydrogen) atoms. The van der Waals surface area contributed by atoms with E-state index in [4.69, 9.17) is 17.3 Å². The fraction of sp³-hybridized carbons (Fsp3) is 0.227. The summed E-state index contributed by atoms with van der Waals surface area (Å²) in [6.07, 6.45) is 2.75. The van der Waals surface area contributed by atoms with Crippen molar-refractivity contribution in [1.82, 2.24) is 9.97 Å². The van der Waals surface area contributed by atoms with E-state index >= 15 is 0 Å². The number of carbonyl (C=O) groups is 1. The number of β-amino-alcohol motifs (C(OH)–C–C–N with tert-alkyl or cyclic N) is 1. The van der Waals surface area contributed by atoms with Gasteiger partial charge < -0.3 is 25.8 Å². The Bertz CT molecular complexity index is 1210. The highest BCUT2D eigenvalue weighted by atomic mass is 35.5. The minimum atomic E-state index is -3.85. The van der Waals surface area contributed by atoms with Gasteiger partial charge in [0.05, 0.1) is 11.7 Å². The zero-order valence-electron chi connectivity index (χ0n) is 17.5. The number of nitrogens with zero attached hydrogens (tertiary/aromatic N) is 3. The SMILES string of the molecule is Nc1ncc(-c2cc(C(=O)Nc3ccc(OC(F)(F)Cl)cc3)cnc2N2CCC(O)C2)cc1F. The maximum atomic E-state index is 14.1. The van der Waals surface area contributed by atoms with Crippen molar-refractivity contribution in [3.63, 3.8) is 0 Å². The van der Waals surface area contributed by atoms with Gasteiger partial charge in [0, 0.05) is 53.9 Å². The quantitative estimate of drug-likeness (QED) is 0.447. The van der Waals surface area contributed by atoms with Crippen LogP contribution in [0.2, 0.25) is 0 Å². The molecule has 178 valence electrons. The van der Waals surface area contributed by atoms with Crippen LogP contribution in [0.1, 0.15) is 16.8 Å². The number of benzene rings is 1. The summed E-state index contributed by atoms with van der Waals surface area (Å²) < 4.78 is 43.8. The Balaban J connectivity index is 1.62. The molecule has 0 saturated carbocycles. The van der Waals surface area contributed by atoms with E-state index in [9.17, 15) is 23.1 Å². The normalized spacial score (nSPS) is 15.9. The summed E-state index contributed by atoms with van der Waals surface area (Å²) in [5.41, 5.74) is 2.89. The molecule has 4 N–H and O–H groups in total. The average molecular weight is 494 g/mol. The van der Waals surface area contributed by atoms with Crippen molar-refractivity contribution >= 4 is 34.8 Å². The first-order valence-corrected chi connectivity index (χ1v) is 10.5. The molecule has 0 radical (unpaired) electrons. The number of carbonyl (C=O) groups excluding carboxylic acids is 1. The van der Waals surface area contributed by atoms with Gasteiger partial charge in [0.25, 0.3) is 5.91 Å². The van der Waals surface area contributed by atoms with Crippen LogP contribution in [0.5, 0.6) is 5.75 Å². The average Bonchev–Trinajstić information content (AvgIpc) is 3.21. The van der Waals surface area contributed by atoms with E-state index in [1.54, 1.807) is 0 Å². The first kappa shape index (κ1) is 23.6. The molecule has 8 nitrogen and oxygen atoms in total. The zero-order chi connectivity index (χ0) is 24.5. The van der Waals surface area contributed by atoms with E-state index in [0.717, 1.165) is 0 Å². The van der Waals surface area contributed by atoms with Gasteiger partial charge in [-0.3, -0.25) is 4.79 Å². The summed E-state index contributed by atoms with van der Waals surface area (Å²) >= 11 is 4.74. The fourth-order valence-electron chi connectivity index (χ4n) is 3.52. The lowest BCUT2D eigenvalue weighted by Gasteiger charge is -2.21. The molecule has 2 aromatic heterocycles. The minimum absolute atomic E-state index is 0.156. The predicted octanol–water partition coefficient (Wildman–Crippen LogP) is 3.86. The van der Waals surface area contributed by atoms with Crippen LogP contribution in [0.4, 0.5) is 30.5 Å². The van der Waals surface area contributed by atoms with Crippen molar-refractivity contribution in [2.75, 3.05) is 29.0 Å². The smallest absolute Gasteiger partial charge is 0.420 e. The molecule has 0 spiro atoms. The van der Waals surface area contributed by atoms with Crippen LogP contribution in [-0.4, -0.2) is 45.7 Å². The van der Waals surface area contributed by atoms with Gasteiger partial charge in [-0.1, -0.05) is 0 Å². The molecule has 3 aromatic rings. The van der Waals surface area contributed by atoms with Crippen LogP contribution in [0.3, 0.4) is 0 Å². The maximum Gasteiger partial charge on any atom is 0.487 e. The topological polar surface area (TPSA) is 114 Å². The van der Waals surface area contributed by atoms with Crippen LogP contribution >= 0.6 is 11.6 Å². The van der Waals surface area contributed by atoms with Gasteiger partial charge in [-0.2, -0.15) is 0 Å². The third-order valence-electron chi connectivity index (χ3n) is 5.12. The molecular formula is C22H19ClF3N5O3. The summed E-state index contributed by atoms with van der Waals surface area (Å²) in [7, 11) is 0. The Morgan fingerprint density at radius 1 is 1.24 bits per heavy atom. The molecule has 12 heteroatoms. The van der Waals surface area contributed by atoms with E-state index in [1.165, 1.54) is 48.8 Å². The number of aromatic nitrogens is 2. The predicted molar refractivity (Wildman–Crippen MR) is 120 cm³/mol. The lowest BCUT2D eigenvalue weighted by atomic mass is 10.1. The monoisotopic (exact) mass is 493 g/mol. The number of alkyl halides is 3.